The minimum Gasteiger partial charge on any atom is -0.468 e. The van der Waals surface area contributed by atoms with Crippen molar-refractivity contribution >= 4 is 21.9 Å². The van der Waals surface area contributed by atoms with E-state index in [1.54, 1.807) is 0 Å². The summed E-state index contributed by atoms with van der Waals surface area (Å²) in [6.07, 6.45) is 2.07. The van der Waals surface area contributed by atoms with Crippen molar-refractivity contribution in [1.29, 1.82) is 0 Å². The average molecular weight is 298 g/mol. The van der Waals surface area contributed by atoms with Crippen LogP contribution in [0.3, 0.4) is 0 Å². The van der Waals surface area contributed by atoms with Crippen LogP contribution in [0, 0.1) is 0 Å². The standard InChI is InChI=1S/C13H16BrNO2/c1-8(13(16)17-2)15-12-7-6-9-10(12)4-3-5-11(9)14/h3-5,8,12,15H,6-7H2,1-2H3/t8-,12?/m1/s1. The van der Waals surface area contributed by atoms with E-state index in [0.29, 0.717) is 0 Å². The van der Waals surface area contributed by atoms with Gasteiger partial charge in [0.1, 0.15) is 6.04 Å². The van der Waals surface area contributed by atoms with E-state index in [4.69, 9.17) is 4.74 Å². The van der Waals surface area contributed by atoms with Crippen LogP contribution >= 0.6 is 15.9 Å². The number of benzene rings is 1. The lowest BCUT2D eigenvalue weighted by Crippen LogP contribution is -2.36. The number of carbonyl (C=O) groups excluding carboxylic acids is 1. The van der Waals surface area contributed by atoms with Crippen LogP contribution in [0.25, 0.3) is 0 Å². The molecule has 2 rings (SSSR count). The maximum atomic E-state index is 11.4. The van der Waals surface area contributed by atoms with E-state index in [1.807, 2.05) is 13.0 Å². The van der Waals surface area contributed by atoms with Crippen molar-refractivity contribution in [3.8, 4) is 0 Å². The van der Waals surface area contributed by atoms with E-state index < -0.39 is 0 Å². The van der Waals surface area contributed by atoms with Gasteiger partial charge in [-0.2, -0.15) is 0 Å². The smallest absolute Gasteiger partial charge is 0.322 e. The average Bonchev–Trinajstić information content (AvgIpc) is 2.73. The summed E-state index contributed by atoms with van der Waals surface area (Å²) in [4.78, 5) is 11.4. The van der Waals surface area contributed by atoms with Crippen molar-refractivity contribution in [3.05, 3.63) is 33.8 Å². The van der Waals surface area contributed by atoms with Gasteiger partial charge in [-0.1, -0.05) is 28.1 Å². The fourth-order valence-electron chi connectivity index (χ4n) is 2.33. The van der Waals surface area contributed by atoms with E-state index >= 15 is 0 Å². The van der Waals surface area contributed by atoms with Crippen LogP contribution in [0.1, 0.15) is 30.5 Å². The first-order chi connectivity index (χ1) is 8.13. The second-order valence-electron chi connectivity index (χ2n) is 4.31. The lowest BCUT2D eigenvalue weighted by atomic mass is 10.1. The van der Waals surface area contributed by atoms with E-state index in [-0.39, 0.29) is 18.1 Å². The predicted molar refractivity (Wildman–Crippen MR) is 69.8 cm³/mol. The summed E-state index contributed by atoms with van der Waals surface area (Å²) in [7, 11) is 1.42. The number of rotatable bonds is 3. The maximum Gasteiger partial charge on any atom is 0.322 e. The van der Waals surface area contributed by atoms with Gasteiger partial charge < -0.3 is 4.74 Å². The number of ether oxygens (including phenoxy) is 1. The molecule has 0 heterocycles. The Morgan fingerprint density at radius 3 is 3.06 bits per heavy atom. The number of hydrogen-bond donors (Lipinski definition) is 1. The summed E-state index contributed by atoms with van der Waals surface area (Å²) < 4.78 is 5.88. The van der Waals surface area contributed by atoms with Crippen molar-refractivity contribution in [1.82, 2.24) is 5.32 Å². The molecule has 1 aromatic rings. The molecule has 1 aliphatic carbocycles. The Bertz CT molecular complexity index is 433. The van der Waals surface area contributed by atoms with Gasteiger partial charge in [0.15, 0.2) is 0 Å². The zero-order valence-corrected chi connectivity index (χ0v) is 11.6. The van der Waals surface area contributed by atoms with Crippen molar-refractivity contribution < 1.29 is 9.53 Å². The molecule has 0 saturated heterocycles. The largest absolute Gasteiger partial charge is 0.468 e. The van der Waals surface area contributed by atoms with Crippen LogP contribution in [-0.4, -0.2) is 19.1 Å². The summed E-state index contributed by atoms with van der Waals surface area (Å²) in [6.45, 7) is 1.84. The summed E-state index contributed by atoms with van der Waals surface area (Å²) in [5, 5.41) is 3.32. The molecular formula is C13H16BrNO2. The van der Waals surface area contributed by atoms with Crippen LogP contribution in [0.5, 0.6) is 0 Å². The summed E-state index contributed by atoms with van der Waals surface area (Å²) >= 11 is 3.56. The van der Waals surface area contributed by atoms with Crippen LogP contribution < -0.4 is 5.32 Å². The molecule has 0 aromatic heterocycles. The van der Waals surface area contributed by atoms with Gasteiger partial charge in [-0.3, -0.25) is 10.1 Å². The number of fused-ring (bicyclic) bond motifs is 1. The summed E-state index contributed by atoms with van der Waals surface area (Å²) in [5.74, 6) is -0.214. The second-order valence-corrected chi connectivity index (χ2v) is 5.16. The van der Waals surface area contributed by atoms with Gasteiger partial charge in [-0.05, 0) is 37.0 Å². The summed E-state index contributed by atoms with van der Waals surface area (Å²) in [6, 6.07) is 6.19. The Labute approximate surface area is 110 Å². The monoisotopic (exact) mass is 297 g/mol. The van der Waals surface area contributed by atoms with Crippen LogP contribution in [-0.2, 0) is 16.0 Å². The zero-order valence-electron chi connectivity index (χ0n) is 10.00. The minimum absolute atomic E-state index is 0.214. The van der Waals surface area contributed by atoms with Gasteiger partial charge in [0.25, 0.3) is 0 Å². The number of methoxy groups -OCH3 is 1. The SMILES string of the molecule is COC(=O)[C@@H](C)NC1CCc2c(Br)cccc21. The molecule has 0 amide bonds. The molecule has 0 fully saturated rings. The molecule has 0 spiro atoms. The Morgan fingerprint density at radius 2 is 2.35 bits per heavy atom. The fraction of sp³-hybridized carbons (Fsp3) is 0.462. The van der Waals surface area contributed by atoms with Crippen LogP contribution in [0.4, 0.5) is 0 Å². The Balaban J connectivity index is 2.12. The Hall–Kier alpha value is -0.870. The highest BCUT2D eigenvalue weighted by Crippen LogP contribution is 2.35. The van der Waals surface area contributed by atoms with Crippen molar-refractivity contribution in [2.75, 3.05) is 7.11 Å². The molecule has 0 radical (unpaired) electrons. The van der Waals surface area contributed by atoms with Gasteiger partial charge in [0.2, 0.25) is 0 Å². The minimum atomic E-state index is -0.269. The highest BCUT2D eigenvalue weighted by molar-refractivity contribution is 9.10. The number of halogens is 1. The van der Waals surface area contributed by atoms with Gasteiger partial charge in [0, 0.05) is 10.5 Å². The molecule has 0 saturated carbocycles. The Morgan fingerprint density at radius 1 is 1.59 bits per heavy atom. The first kappa shape index (κ1) is 12.6. The molecule has 1 aliphatic rings. The Kier molecular flexibility index (Phi) is 3.84. The van der Waals surface area contributed by atoms with Crippen molar-refractivity contribution in [2.24, 2.45) is 0 Å². The molecule has 0 aliphatic heterocycles. The lowest BCUT2D eigenvalue weighted by molar-refractivity contribution is -0.142. The van der Waals surface area contributed by atoms with Crippen molar-refractivity contribution in [3.63, 3.8) is 0 Å². The van der Waals surface area contributed by atoms with E-state index in [2.05, 4.69) is 33.4 Å². The first-order valence-corrected chi connectivity index (χ1v) is 6.54. The molecule has 17 heavy (non-hydrogen) atoms. The topological polar surface area (TPSA) is 38.3 Å². The molecule has 2 atom stereocenters. The molecule has 3 nitrogen and oxygen atoms in total. The zero-order chi connectivity index (χ0) is 12.4. The molecule has 1 unspecified atom stereocenters. The van der Waals surface area contributed by atoms with Crippen LogP contribution in [0.2, 0.25) is 0 Å². The molecule has 4 heteroatoms. The normalized spacial score (nSPS) is 19.8. The van der Waals surface area contributed by atoms with Gasteiger partial charge in [0.05, 0.1) is 7.11 Å². The van der Waals surface area contributed by atoms with Gasteiger partial charge in [-0.15, -0.1) is 0 Å². The third-order valence-corrected chi connectivity index (χ3v) is 3.96. The van der Waals surface area contributed by atoms with Crippen LogP contribution in [0.15, 0.2) is 22.7 Å². The highest BCUT2D eigenvalue weighted by atomic mass is 79.9. The first-order valence-electron chi connectivity index (χ1n) is 5.74. The quantitative estimate of drug-likeness (QED) is 0.872. The number of nitrogens with one attached hydrogen (secondary N) is 1. The van der Waals surface area contributed by atoms with Gasteiger partial charge in [-0.25, -0.2) is 0 Å². The van der Waals surface area contributed by atoms with Crippen molar-refractivity contribution in [2.45, 2.75) is 31.8 Å². The van der Waals surface area contributed by atoms with Gasteiger partial charge >= 0.3 is 5.97 Å². The highest BCUT2D eigenvalue weighted by Gasteiger charge is 2.26. The molecule has 0 bridgehead atoms. The lowest BCUT2D eigenvalue weighted by Gasteiger charge is -2.18. The summed E-state index contributed by atoms with van der Waals surface area (Å²) in [5.41, 5.74) is 2.64. The molecule has 1 N–H and O–H groups in total. The van der Waals surface area contributed by atoms with E-state index in [0.717, 1.165) is 17.3 Å². The number of carbonyl (C=O) groups is 1. The fourth-order valence-corrected chi connectivity index (χ4v) is 2.91. The molecule has 1 aromatic carbocycles. The molecular weight excluding hydrogens is 282 g/mol. The van der Waals surface area contributed by atoms with E-state index in [9.17, 15) is 4.79 Å². The number of esters is 1. The molecule has 92 valence electrons. The second kappa shape index (κ2) is 5.19. The third kappa shape index (κ3) is 2.53. The predicted octanol–water partition coefficient (Wildman–Crippen LogP) is 2.59. The third-order valence-electron chi connectivity index (χ3n) is 3.22. The maximum absolute atomic E-state index is 11.4. The number of hydrogen-bond acceptors (Lipinski definition) is 3. The van der Waals surface area contributed by atoms with E-state index in [1.165, 1.54) is 18.2 Å².